The normalized spacial score (nSPS) is 17.8. The van der Waals surface area contributed by atoms with Crippen molar-refractivity contribution in [2.75, 3.05) is 29.9 Å². The van der Waals surface area contributed by atoms with Crippen molar-refractivity contribution in [1.82, 2.24) is 4.90 Å². The fourth-order valence-corrected chi connectivity index (χ4v) is 2.96. The molecule has 0 aromatic heterocycles. The highest BCUT2D eigenvalue weighted by atomic mass is 16.5. The zero-order valence-corrected chi connectivity index (χ0v) is 13.9. The molecule has 8 nitrogen and oxygen atoms in total. The molecule has 1 N–H and O–H groups in total. The molecular formula is C17H19N3O5. The average Bonchev–Trinajstić information content (AvgIpc) is 2.98. The van der Waals surface area contributed by atoms with E-state index in [1.165, 1.54) is 16.7 Å². The summed E-state index contributed by atoms with van der Waals surface area (Å²) in [6.07, 6.45) is 0.103. The second-order valence-corrected chi connectivity index (χ2v) is 6.04. The van der Waals surface area contributed by atoms with Crippen LogP contribution in [0.1, 0.15) is 19.8 Å². The molecule has 2 aliphatic rings. The summed E-state index contributed by atoms with van der Waals surface area (Å²) in [5.74, 6) is -1.51. The first kappa shape index (κ1) is 16.9. The number of amides is 3. The second-order valence-electron chi connectivity index (χ2n) is 6.04. The smallest absolute Gasteiger partial charge is 0.326 e. The molecule has 0 unspecified atom stereocenters. The van der Waals surface area contributed by atoms with Gasteiger partial charge in [-0.15, -0.1) is 0 Å². The highest BCUT2D eigenvalue weighted by molar-refractivity contribution is 6.11. The van der Waals surface area contributed by atoms with E-state index in [1.54, 1.807) is 24.3 Å². The van der Waals surface area contributed by atoms with E-state index < -0.39 is 18.0 Å². The van der Waals surface area contributed by atoms with Crippen LogP contribution in [0.3, 0.4) is 0 Å². The van der Waals surface area contributed by atoms with Crippen LogP contribution >= 0.6 is 0 Å². The van der Waals surface area contributed by atoms with Crippen LogP contribution in [-0.4, -0.2) is 54.3 Å². The van der Waals surface area contributed by atoms with E-state index in [4.69, 9.17) is 4.74 Å². The Labute approximate surface area is 144 Å². The fourth-order valence-electron chi connectivity index (χ4n) is 2.96. The number of ether oxygens (including phenoxy) is 1. The summed E-state index contributed by atoms with van der Waals surface area (Å²) >= 11 is 0. The number of hydrogen-bond acceptors (Lipinski definition) is 5. The van der Waals surface area contributed by atoms with Gasteiger partial charge < -0.3 is 15.0 Å². The van der Waals surface area contributed by atoms with Crippen molar-refractivity contribution in [3.8, 4) is 0 Å². The van der Waals surface area contributed by atoms with Gasteiger partial charge in [-0.3, -0.25) is 24.1 Å². The molecule has 8 heteroatoms. The van der Waals surface area contributed by atoms with E-state index in [9.17, 15) is 19.2 Å². The number of anilines is 2. The van der Waals surface area contributed by atoms with Crippen LogP contribution in [-0.2, 0) is 23.9 Å². The summed E-state index contributed by atoms with van der Waals surface area (Å²) in [4.78, 5) is 50.7. The van der Waals surface area contributed by atoms with Crippen molar-refractivity contribution in [1.29, 1.82) is 0 Å². The molecule has 132 valence electrons. The SMILES string of the molecule is C[C@@H](OC(=O)CN1CCCC1=O)C(=O)N1CC(=O)Nc2ccccc21. The summed E-state index contributed by atoms with van der Waals surface area (Å²) < 4.78 is 5.17. The molecule has 0 spiro atoms. The number of hydrogen-bond donors (Lipinski definition) is 1. The molecule has 1 aromatic rings. The number of rotatable bonds is 4. The molecule has 3 rings (SSSR count). The van der Waals surface area contributed by atoms with E-state index in [2.05, 4.69) is 5.32 Å². The third-order valence-electron chi connectivity index (χ3n) is 4.18. The van der Waals surface area contributed by atoms with Gasteiger partial charge in [0.15, 0.2) is 6.10 Å². The molecular weight excluding hydrogens is 326 g/mol. The van der Waals surface area contributed by atoms with Crippen LogP contribution in [0.25, 0.3) is 0 Å². The third kappa shape index (κ3) is 3.62. The lowest BCUT2D eigenvalue weighted by molar-refractivity contribution is -0.156. The molecule has 25 heavy (non-hydrogen) atoms. The average molecular weight is 345 g/mol. The van der Waals surface area contributed by atoms with Crippen molar-refractivity contribution in [3.05, 3.63) is 24.3 Å². The Balaban J connectivity index is 1.65. The van der Waals surface area contributed by atoms with Crippen LogP contribution in [0.5, 0.6) is 0 Å². The minimum atomic E-state index is -1.05. The predicted molar refractivity (Wildman–Crippen MR) is 88.8 cm³/mol. The minimum Gasteiger partial charge on any atom is -0.451 e. The third-order valence-corrected chi connectivity index (χ3v) is 4.18. The first-order chi connectivity index (χ1) is 12.0. The Morgan fingerprint density at radius 2 is 2.04 bits per heavy atom. The van der Waals surface area contributed by atoms with E-state index in [0.29, 0.717) is 24.3 Å². The quantitative estimate of drug-likeness (QED) is 0.803. The lowest BCUT2D eigenvalue weighted by Crippen LogP contribution is -2.47. The van der Waals surface area contributed by atoms with E-state index in [0.717, 1.165) is 6.42 Å². The molecule has 1 fully saturated rings. The predicted octanol–water partition coefficient (Wildman–Crippen LogP) is 0.526. The monoisotopic (exact) mass is 345 g/mol. The summed E-state index contributed by atoms with van der Waals surface area (Å²) in [5.41, 5.74) is 1.10. The molecule has 1 saturated heterocycles. The molecule has 1 atom stereocenters. The zero-order chi connectivity index (χ0) is 18.0. The maximum absolute atomic E-state index is 12.6. The lowest BCUT2D eigenvalue weighted by atomic mass is 10.1. The van der Waals surface area contributed by atoms with Crippen molar-refractivity contribution < 1.29 is 23.9 Å². The van der Waals surface area contributed by atoms with E-state index in [1.807, 2.05) is 0 Å². The maximum atomic E-state index is 12.6. The Kier molecular flexibility index (Phi) is 4.69. The van der Waals surface area contributed by atoms with Gasteiger partial charge in [0.05, 0.1) is 11.4 Å². The molecule has 0 radical (unpaired) electrons. The van der Waals surface area contributed by atoms with Gasteiger partial charge in [-0.1, -0.05) is 12.1 Å². The highest BCUT2D eigenvalue weighted by Crippen LogP contribution is 2.29. The van der Waals surface area contributed by atoms with Gasteiger partial charge in [0.2, 0.25) is 11.8 Å². The van der Waals surface area contributed by atoms with Crippen LogP contribution in [0, 0.1) is 0 Å². The van der Waals surface area contributed by atoms with Gasteiger partial charge in [0, 0.05) is 13.0 Å². The molecule has 2 heterocycles. The number of nitrogens with one attached hydrogen (secondary N) is 1. The number of benzene rings is 1. The second kappa shape index (κ2) is 6.92. The maximum Gasteiger partial charge on any atom is 0.326 e. The first-order valence-corrected chi connectivity index (χ1v) is 8.13. The van der Waals surface area contributed by atoms with Crippen molar-refractivity contribution in [3.63, 3.8) is 0 Å². The Morgan fingerprint density at radius 1 is 1.28 bits per heavy atom. The summed E-state index contributed by atoms with van der Waals surface area (Å²) in [5, 5.41) is 2.69. The van der Waals surface area contributed by atoms with Gasteiger partial charge in [-0.05, 0) is 25.5 Å². The van der Waals surface area contributed by atoms with Gasteiger partial charge >= 0.3 is 5.97 Å². The standard InChI is InChI=1S/C17H19N3O5/c1-11(25-16(23)10-19-8-4-7-15(19)22)17(24)20-9-14(21)18-12-5-2-3-6-13(12)20/h2-3,5-6,11H,4,7-10H2,1H3,(H,18,21)/t11-/m1/s1. The molecule has 2 aliphatic heterocycles. The number of carbonyl (C=O) groups is 4. The van der Waals surface area contributed by atoms with Crippen LogP contribution in [0.15, 0.2) is 24.3 Å². The minimum absolute atomic E-state index is 0.0856. The summed E-state index contributed by atoms with van der Waals surface area (Å²) in [7, 11) is 0. The van der Waals surface area contributed by atoms with Crippen LogP contribution < -0.4 is 10.2 Å². The molecule has 0 saturated carbocycles. The van der Waals surface area contributed by atoms with Gasteiger partial charge in [0.25, 0.3) is 5.91 Å². The first-order valence-electron chi connectivity index (χ1n) is 8.13. The topological polar surface area (TPSA) is 96.0 Å². The Hall–Kier alpha value is -2.90. The fraction of sp³-hybridized carbons (Fsp3) is 0.412. The van der Waals surface area contributed by atoms with Gasteiger partial charge in [0.1, 0.15) is 13.1 Å². The van der Waals surface area contributed by atoms with E-state index >= 15 is 0 Å². The lowest BCUT2D eigenvalue weighted by Gasteiger charge is -2.30. The van der Waals surface area contributed by atoms with Gasteiger partial charge in [-0.2, -0.15) is 0 Å². The largest absolute Gasteiger partial charge is 0.451 e. The van der Waals surface area contributed by atoms with Gasteiger partial charge in [-0.25, -0.2) is 0 Å². The number of para-hydroxylation sites is 2. The Morgan fingerprint density at radius 3 is 2.76 bits per heavy atom. The van der Waals surface area contributed by atoms with E-state index in [-0.39, 0.29) is 24.9 Å². The summed E-state index contributed by atoms with van der Waals surface area (Å²) in [6, 6.07) is 6.92. The molecule has 0 aliphatic carbocycles. The summed E-state index contributed by atoms with van der Waals surface area (Å²) in [6.45, 7) is 1.69. The molecule has 3 amide bonds. The number of fused-ring (bicyclic) bond motifs is 1. The van der Waals surface area contributed by atoms with Crippen LogP contribution in [0.4, 0.5) is 11.4 Å². The number of nitrogens with zero attached hydrogens (tertiary/aromatic N) is 2. The van der Waals surface area contributed by atoms with Crippen LogP contribution in [0.2, 0.25) is 0 Å². The number of carbonyl (C=O) groups excluding carboxylic acids is 4. The highest BCUT2D eigenvalue weighted by Gasteiger charge is 2.32. The zero-order valence-electron chi connectivity index (χ0n) is 13.9. The Bertz CT molecular complexity index is 733. The van der Waals surface area contributed by atoms with Crippen molar-refractivity contribution in [2.45, 2.75) is 25.9 Å². The number of likely N-dealkylation sites (tertiary alicyclic amines) is 1. The molecule has 0 bridgehead atoms. The van der Waals surface area contributed by atoms with Crippen molar-refractivity contribution in [2.24, 2.45) is 0 Å². The van der Waals surface area contributed by atoms with Crippen molar-refractivity contribution >= 4 is 35.1 Å². The molecule has 1 aromatic carbocycles. The number of esters is 1.